The molecule has 2 rings (SSSR count). The van der Waals surface area contributed by atoms with Crippen LogP contribution < -0.4 is 0 Å². The topological polar surface area (TPSA) is 31.4 Å². The summed E-state index contributed by atoms with van der Waals surface area (Å²) in [5.74, 6) is 0. The molecular formula is C13H10F3NO2S. The van der Waals surface area contributed by atoms with Gasteiger partial charge in [0.1, 0.15) is 0 Å². The Morgan fingerprint density at radius 3 is 2.40 bits per heavy atom. The Kier molecular flexibility index (Phi) is 4.64. The first kappa shape index (κ1) is 14.8. The largest absolute Gasteiger partial charge is 0.416 e. The van der Waals surface area contributed by atoms with E-state index < -0.39 is 11.7 Å². The van der Waals surface area contributed by atoms with Gasteiger partial charge in [0.15, 0.2) is 0 Å². The number of hydrogen-bond donors (Lipinski definition) is 0. The van der Waals surface area contributed by atoms with Crippen molar-refractivity contribution >= 4 is 12.0 Å². The molecule has 0 spiro atoms. The molecule has 0 bridgehead atoms. The summed E-state index contributed by atoms with van der Waals surface area (Å²) in [6.07, 6.45) is -3.23. The zero-order valence-electron chi connectivity index (χ0n) is 10.3. The summed E-state index contributed by atoms with van der Waals surface area (Å²) < 4.78 is 42.6. The van der Waals surface area contributed by atoms with Gasteiger partial charge in [-0.1, -0.05) is 12.1 Å². The van der Waals surface area contributed by atoms with Crippen molar-refractivity contribution in [2.75, 3.05) is 7.11 Å². The third-order valence-corrected chi connectivity index (χ3v) is 3.10. The van der Waals surface area contributed by atoms with Gasteiger partial charge in [-0.3, -0.25) is 4.98 Å². The van der Waals surface area contributed by atoms with Gasteiger partial charge in [0, 0.05) is 16.7 Å². The molecule has 0 amide bonds. The fourth-order valence-electron chi connectivity index (χ4n) is 1.52. The molecule has 2 aromatic rings. The Morgan fingerprint density at radius 2 is 1.80 bits per heavy atom. The van der Waals surface area contributed by atoms with E-state index in [1.165, 1.54) is 7.11 Å². The molecule has 0 N–H and O–H groups in total. The summed E-state index contributed by atoms with van der Waals surface area (Å²) in [5, 5.41) is 0. The van der Waals surface area contributed by atoms with Crippen LogP contribution in [0.25, 0.3) is 11.3 Å². The number of nitrogens with zero attached hydrogens (tertiary/aromatic N) is 1. The fraction of sp³-hybridized carbons (Fsp3) is 0.154. The molecule has 0 radical (unpaired) electrons. The van der Waals surface area contributed by atoms with Gasteiger partial charge in [-0.2, -0.15) is 17.5 Å². The minimum atomic E-state index is -4.38. The van der Waals surface area contributed by atoms with Crippen LogP contribution in [0.5, 0.6) is 0 Å². The van der Waals surface area contributed by atoms with Gasteiger partial charge in [-0.05, 0) is 24.3 Å². The number of halogens is 3. The Labute approximate surface area is 117 Å². The van der Waals surface area contributed by atoms with Gasteiger partial charge in [-0.15, -0.1) is 0 Å². The van der Waals surface area contributed by atoms with Gasteiger partial charge in [0.25, 0.3) is 0 Å². The van der Waals surface area contributed by atoms with Crippen LogP contribution in [0.1, 0.15) is 5.56 Å². The summed E-state index contributed by atoms with van der Waals surface area (Å²) in [6, 6.07) is 8.73. The highest BCUT2D eigenvalue weighted by molar-refractivity contribution is 7.94. The standard InChI is InChI=1S/C13H10F3NO2S/c1-18-19-20-11-4-2-9(3-5-11)12-8-10(6-7-17-12)13(14,15)16/h2-8H,1H3. The molecule has 0 unspecified atom stereocenters. The van der Waals surface area contributed by atoms with Crippen LogP contribution in [0, 0.1) is 0 Å². The van der Waals surface area contributed by atoms with Crippen LogP contribution in [-0.2, 0) is 15.4 Å². The van der Waals surface area contributed by atoms with E-state index in [-0.39, 0.29) is 5.69 Å². The first-order valence-corrected chi connectivity index (χ1v) is 6.26. The predicted octanol–water partition coefficient (Wildman–Crippen LogP) is 4.35. The van der Waals surface area contributed by atoms with Crippen LogP contribution >= 0.6 is 12.0 Å². The molecule has 0 atom stereocenters. The minimum Gasteiger partial charge on any atom is -0.256 e. The number of alkyl halides is 3. The molecule has 3 nitrogen and oxygen atoms in total. The second-order valence-corrected chi connectivity index (χ2v) is 4.54. The van der Waals surface area contributed by atoms with Crippen molar-refractivity contribution in [3.05, 3.63) is 48.2 Å². The smallest absolute Gasteiger partial charge is 0.256 e. The molecular weight excluding hydrogens is 291 g/mol. The van der Waals surface area contributed by atoms with E-state index in [2.05, 4.69) is 14.2 Å². The van der Waals surface area contributed by atoms with E-state index in [1.54, 1.807) is 24.3 Å². The van der Waals surface area contributed by atoms with Crippen LogP contribution in [-0.4, -0.2) is 12.1 Å². The first-order valence-electron chi connectivity index (χ1n) is 5.52. The molecule has 1 heterocycles. The molecule has 7 heteroatoms. The van der Waals surface area contributed by atoms with Crippen LogP contribution in [0.15, 0.2) is 47.5 Å². The Morgan fingerprint density at radius 1 is 1.10 bits per heavy atom. The molecule has 0 aliphatic heterocycles. The quantitative estimate of drug-likeness (QED) is 0.477. The highest BCUT2D eigenvalue weighted by Crippen LogP contribution is 2.31. The molecule has 0 aliphatic carbocycles. The van der Waals surface area contributed by atoms with Crippen LogP contribution in [0.3, 0.4) is 0 Å². The average molecular weight is 301 g/mol. The van der Waals surface area contributed by atoms with Crippen molar-refractivity contribution in [2.45, 2.75) is 11.1 Å². The number of rotatable bonds is 4. The van der Waals surface area contributed by atoms with Crippen LogP contribution in [0.4, 0.5) is 13.2 Å². The number of benzene rings is 1. The molecule has 0 saturated carbocycles. The first-order chi connectivity index (χ1) is 9.50. The van der Waals surface area contributed by atoms with Gasteiger partial charge >= 0.3 is 6.18 Å². The fourth-order valence-corrected chi connectivity index (χ4v) is 1.91. The molecule has 0 aliphatic rings. The molecule has 20 heavy (non-hydrogen) atoms. The third kappa shape index (κ3) is 3.72. The van der Waals surface area contributed by atoms with Crippen molar-refractivity contribution in [1.82, 2.24) is 4.98 Å². The lowest BCUT2D eigenvalue weighted by Gasteiger charge is -2.08. The summed E-state index contributed by atoms with van der Waals surface area (Å²) >= 11 is 1.01. The van der Waals surface area contributed by atoms with Gasteiger partial charge in [-0.25, -0.2) is 4.89 Å². The number of hydrogen-bond acceptors (Lipinski definition) is 4. The summed E-state index contributed by atoms with van der Waals surface area (Å²) in [4.78, 5) is 9.16. The van der Waals surface area contributed by atoms with Crippen molar-refractivity contribution in [1.29, 1.82) is 0 Å². The van der Waals surface area contributed by atoms with Gasteiger partial charge in [0.2, 0.25) is 0 Å². The maximum absolute atomic E-state index is 12.6. The van der Waals surface area contributed by atoms with E-state index in [4.69, 9.17) is 0 Å². The van der Waals surface area contributed by atoms with Crippen molar-refractivity contribution in [3.63, 3.8) is 0 Å². The zero-order chi connectivity index (χ0) is 14.6. The second-order valence-electron chi connectivity index (χ2n) is 3.77. The Bertz CT molecular complexity index is 573. The highest BCUT2D eigenvalue weighted by Gasteiger charge is 2.30. The van der Waals surface area contributed by atoms with E-state index >= 15 is 0 Å². The summed E-state index contributed by atoms with van der Waals surface area (Å²) in [5.41, 5.74) is 0.144. The lowest BCUT2D eigenvalue weighted by molar-refractivity contribution is -0.160. The van der Waals surface area contributed by atoms with E-state index in [1.807, 2.05) is 0 Å². The molecule has 1 aromatic carbocycles. The molecule has 0 fully saturated rings. The Hall–Kier alpha value is -1.57. The van der Waals surface area contributed by atoms with Crippen molar-refractivity contribution in [2.24, 2.45) is 0 Å². The zero-order valence-corrected chi connectivity index (χ0v) is 11.2. The number of aromatic nitrogens is 1. The molecule has 106 valence electrons. The van der Waals surface area contributed by atoms with Gasteiger partial charge < -0.3 is 0 Å². The van der Waals surface area contributed by atoms with E-state index in [9.17, 15) is 13.2 Å². The summed E-state index contributed by atoms with van der Waals surface area (Å²) in [7, 11) is 1.38. The normalized spacial score (nSPS) is 11.6. The van der Waals surface area contributed by atoms with Crippen molar-refractivity contribution in [3.8, 4) is 11.3 Å². The molecule has 1 aromatic heterocycles. The lowest BCUT2D eigenvalue weighted by atomic mass is 10.1. The van der Waals surface area contributed by atoms with Gasteiger partial charge in [0.05, 0.1) is 30.4 Å². The lowest BCUT2D eigenvalue weighted by Crippen LogP contribution is -2.05. The van der Waals surface area contributed by atoms with Crippen molar-refractivity contribution < 1.29 is 22.4 Å². The minimum absolute atomic E-state index is 0.268. The summed E-state index contributed by atoms with van der Waals surface area (Å²) in [6.45, 7) is 0. The maximum Gasteiger partial charge on any atom is 0.416 e. The Balaban J connectivity index is 2.23. The SMILES string of the molecule is COOSc1ccc(-c2cc(C(F)(F)F)ccn2)cc1. The maximum atomic E-state index is 12.6. The van der Waals surface area contributed by atoms with E-state index in [0.29, 0.717) is 5.56 Å². The monoisotopic (exact) mass is 301 g/mol. The highest BCUT2D eigenvalue weighted by atomic mass is 32.2. The second kappa shape index (κ2) is 6.25. The van der Waals surface area contributed by atoms with E-state index in [0.717, 1.165) is 35.3 Å². The predicted molar refractivity (Wildman–Crippen MR) is 68.6 cm³/mol. The average Bonchev–Trinajstić information content (AvgIpc) is 2.45. The molecule has 0 saturated heterocycles. The number of pyridine rings is 1. The third-order valence-electron chi connectivity index (χ3n) is 2.44. The van der Waals surface area contributed by atoms with Crippen LogP contribution in [0.2, 0.25) is 0 Å².